The van der Waals surface area contributed by atoms with E-state index in [0.717, 1.165) is 28.8 Å². The van der Waals surface area contributed by atoms with Crippen molar-refractivity contribution in [1.82, 2.24) is 14.9 Å². The number of anilines is 1. The molecule has 1 N–H and O–H groups in total. The molecule has 2 heterocycles. The summed E-state index contributed by atoms with van der Waals surface area (Å²) in [5, 5.41) is 3.04. The number of carbonyl (C=O) groups excluding carboxylic acids is 2. The van der Waals surface area contributed by atoms with Gasteiger partial charge in [-0.3, -0.25) is 9.59 Å². The molecule has 1 unspecified atom stereocenters. The lowest BCUT2D eigenvalue weighted by Crippen LogP contribution is -2.33. The van der Waals surface area contributed by atoms with Crippen LogP contribution >= 0.6 is 0 Å². The highest BCUT2D eigenvalue weighted by Crippen LogP contribution is 2.28. The summed E-state index contributed by atoms with van der Waals surface area (Å²) in [6.45, 7) is 3.65. The predicted molar refractivity (Wildman–Crippen MR) is 116 cm³/mol. The third-order valence-corrected chi connectivity index (χ3v) is 5.64. The summed E-state index contributed by atoms with van der Waals surface area (Å²) in [4.78, 5) is 31.3. The van der Waals surface area contributed by atoms with E-state index in [4.69, 9.17) is 0 Å². The van der Waals surface area contributed by atoms with E-state index >= 15 is 0 Å². The fourth-order valence-corrected chi connectivity index (χ4v) is 3.98. The van der Waals surface area contributed by atoms with Gasteiger partial charge in [0, 0.05) is 44.1 Å². The molecule has 2 aromatic carbocycles. The Morgan fingerprint density at radius 2 is 1.83 bits per heavy atom. The lowest BCUT2D eigenvalue weighted by molar-refractivity contribution is -0.126. The van der Waals surface area contributed by atoms with Crippen LogP contribution < -0.4 is 10.2 Å². The number of benzene rings is 2. The molecular formula is C24H26N4O2. The molecule has 0 saturated carbocycles. The van der Waals surface area contributed by atoms with E-state index in [2.05, 4.69) is 23.3 Å². The minimum Gasteiger partial charge on any atom is -0.352 e. The highest BCUT2D eigenvalue weighted by atomic mass is 16.2. The van der Waals surface area contributed by atoms with Crippen molar-refractivity contribution < 1.29 is 9.59 Å². The van der Waals surface area contributed by atoms with Crippen LogP contribution in [0.3, 0.4) is 0 Å². The molecule has 1 fully saturated rings. The van der Waals surface area contributed by atoms with Gasteiger partial charge in [0.15, 0.2) is 0 Å². The van der Waals surface area contributed by atoms with E-state index in [9.17, 15) is 9.59 Å². The summed E-state index contributed by atoms with van der Waals surface area (Å²) in [5.41, 5.74) is 4.25. The fraction of sp³-hybridized carbons (Fsp3) is 0.292. The van der Waals surface area contributed by atoms with Gasteiger partial charge in [-0.1, -0.05) is 49.4 Å². The molecule has 2 amide bonds. The van der Waals surface area contributed by atoms with E-state index in [1.807, 2.05) is 53.2 Å². The topological polar surface area (TPSA) is 67.2 Å². The Kier molecular flexibility index (Phi) is 5.93. The number of amides is 2. The monoisotopic (exact) mass is 402 g/mol. The van der Waals surface area contributed by atoms with E-state index in [0.29, 0.717) is 19.6 Å². The van der Waals surface area contributed by atoms with Crippen LogP contribution in [0.5, 0.6) is 0 Å². The number of hydrogen-bond donors (Lipinski definition) is 1. The smallest absolute Gasteiger partial charge is 0.227 e. The van der Waals surface area contributed by atoms with Crippen LogP contribution in [-0.2, 0) is 29.1 Å². The van der Waals surface area contributed by atoms with E-state index < -0.39 is 0 Å². The maximum absolute atomic E-state index is 12.8. The van der Waals surface area contributed by atoms with Crippen molar-refractivity contribution in [2.75, 3.05) is 11.4 Å². The van der Waals surface area contributed by atoms with Crippen molar-refractivity contribution in [3.63, 3.8) is 0 Å². The van der Waals surface area contributed by atoms with E-state index in [-0.39, 0.29) is 24.2 Å². The Morgan fingerprint density at radius 3 is 2.57 bits per heavy atom. The van der Waals surface area contributed by atoms with E-state index in [1.165, 1.54) is 0 Å². The maximum atomic E-state index is 12.8. The normalized spacial score (nSPS) is 16.1. The Hall–Kier alpha value is -3.41. The Bertz CT molecular complexity index is 1030. The molecule has 154 valence electrons. The molecule has 3 aromatic rings. The van der Waals surface area contributed by atoms with Gasteiger partial charge in [0.05, 0.1) is 12.2 Å². The molecule has 0 aliphatic carbocycles. The molecule has 0 radical (unpaired) electrons. The molecule has 0 spiro atoms. The summed E-state index contributed by atoms with van der Waals surface area (Å²) >= 11 is 0. The van der Waals surface area contributed by atoms with Gasteiger partial charge in [-0.2, -0.15) is 0 Å². The van der Waals surface area contributed by atoms with Gasteiger partial charge in [0.2, 0.25) is 11.8 Å². The zero-order valence-corrected chi connectivity index (χ0v) is 17.1. The highest BCUT2D eigenvalue weighted by Gasteiger charge is 2.35. The first-order valence-electron chi connectivity index (χ1n) is 10.3. The molecule has 6 nitrogen and oxygen atoms in total. The Morgan fingerprint density at radius 1 is 1.10 bits per heavy atom. The van der Waals surface area contributed by atoms with Crippen LogP contribution in [0, 0.1) is 5.92 Å². The van der Waals surface area contributed by atoms with Crippen LogP contribution in [0.15, 0.2) is 67.3 Å². The first kappa shape index (κ1) is 19.9. The minimum atomic E-state index is -0.330. The lowest BCUT2D eigenvalue weighted by atomic mass is 10.1. The summed E-state index contributed by atoms with van der Waals surface area (Å²) in [7, 11) is 0. The summed E-state index contributed by atoms with van der Waals surface area (Å²) in [5.74, 6) is -0.392. The van der Waals surface area contributed by atoms with Crippen molar-refractivity contribution in [3.05, 3.63) is 83.9 Å². The summed E-state index contributed by atoms with van der Waals surface area (Å²) in [6, 6.07) is 16.0. The van der Waals surface area contributed by atoms with Crippen molar-refractivity contribution >= 4 is 17.5 Å². The third kappa shape index (κ3) is 4.27. The SMILES string of the molecule is CCc1ccccc1N1CC(C(=O)NCc2ccccc2Cn2ccnc2)CC1=O. The second-order valence-electron chi connectivity index (χ2n) is 7.61. The minimum absolute atomic E-state index is 0.0107. The number of rotatable bonds is 7. The van der Waals surface area contributed by atoms with Crippen LogP contribution in [0.2, 0.25) is 0 Å². The van der Waals surface area contributed by atoms with Gasteiger partial charge < -0.3 is 14.8 Å². The van der Waals surface area contributed by atoms with Gasteiger partial charge in [-0.25, -0.2) is 4.98 Å². The molecule has 1 aliphatic rings. The van der Waals surface area contributed by atoms with Crippen LogP contribution in [-0.4, -0.2) is 27.9 Å². The van der Waals surface area contributed by atoms with Crippen LogP contribution in [0.4, 0.5) is 5.69 Å². The molecular weight excluding hydrogens is 376 g/mol. The van der Waals surface area contributed by atoms with Crippen molar-refractivity contribution in [2.24, 2.45) is 5.92 Å². The first-order valence-corrected chi connectivity index (χ1v) is 10.3. The second kappa shape index (κ2) is 8.95. The Labute approximate surface area is 176 Å². The summed E-state index contributed by atoms with van der Waals surface area (Å²) in [6.07, 6.45) is 6.56. The molecule has 1 atom stereocenters. The average Bonchev–Trinajstić information content (AvgIpc) is 3.42. The predicted octanol–water partition coefficient (Wildman–Crippen LogP) is 3.16. The standard InChI is InChI=1S/C24H26N4O2/c1-2-18-7-5-6-10-22(18)28-16-21(13-23(28)29)24(30)26-14-19-8-3-4-9-20(19)15-27-12-11-25-17-27/h3-12,17,21H,2,13-16H2,1H3,(H,26,30). The molecule has 6 heteroatoms. The molecule has 1 saturated heterocycles. The molecule has 30 heavy (non-hydrogen) atoms. The van der Waals surface area contributed by atoms with Crippen LogP contribution in [0.1, 0.15) is 30.0 Å². The highest BCUT2D eigenvalue weighted by molar-refractivity contribution is 6.00. The number of carbonyl (C=O) groups is 2. The largest absolute Gasteiger partial charge is 0.352 e. The molecule has 4 rings (SSSR count). The lowest BCUT2D eigenvalue weighted by Gasteiger charge is -2.20. The zero-order chi connectivity index (χ0) is 20.9. The zero-order valence-electron chi connectivity index (χ0n) is 17.1. The van der Waals surface area contributed by atoms with Crippen molar-refractivity contribution in [2.45, 2.75) is 32.9 Å². The number of para-hydroxylation sites is 1. The Balaban J connectivity index is 1.40. The van der Waals surface area contributed by atoms with Crippen molar-refractivity contribution in [1.29, 1.82) is 0 Å². The van der Waals surface area contributed by atoms with Gasteiger partial charge >= 0.3 is 0 Å². The average molecular weight is 402 g/mol. The molecule has 1 aromatic heterocycles. The van der Waals surface area contributed by atoms with Crippen LogP contribution in [0.25, 0.3) is 0 Å². The van der Waals surface area contributed by atoms with Gasteiger partial charge in [-0.05, 0) is 29.2 Å². The molecule has 1 aliphatic heterocycles. The molecule has 0 bridgehead atoms. The second-order valence-corrected chi connectivity index (χ2v) is 7.61. The quantitative estimate of drug-likeness (QED) is 0.660. The van der Waals surface area contributed by atoms with Gasteiger partial charge in [0.25, 0.3) is 0 Å². The van der Waals surface area contributed by atoms with Gasteiger partial charge in [-0.15, -0.1) is 0 Å². The maximum Gasteiger partial charge on any atom is 0.227 e. The fourth-order valence-electron chi connectivity index (χ4n) is 3.98. The van der Waals surface area contributed by atoms with Crippen molar-refractivity contribution in [3.8, 4) is 0 Å². The first-order chi connectivity index (χ1) is 14.7. The number of aromatic nitrogens is 2. The van der Waals surface area contributed by atoms with E-state index in [1.54, 1.807) is 17.4 Å². The number of aryl methyl sites for hydroxylation is 1. The number of nitrogens with zero attached hydrogens (tertiary/aromatic N) is 3. The summed E-state index contributed by atoms with van der Waals surface area (Å²) < 4.78 is 2.00. The number of hydrogen-bond acceptors (Lipinski definition) is 3. The van der Waals surface area contributed by atoms with Gasteiger partial charge in [0.1, 0.15) is 0 Å². The third-order valence-electron chi connectivity index (χ3n) is 5.64. The number of nitrogens with one attached hydrogen (secondary N) is 1. The number of imidazole rings is 1.